The van der Waals surface area contributed by atoms with Gasteiger partial charge in [-0.3, -0.25) is 9.58 Å². The van der Waals surface area contributed by atoms with Gasteiger partial charge in [-0.2, -0.15) is 15.1 Å². The number of aromatic hydroxyl groups is 1. The molecule has 4 saturated heterocycles. The fourth-order valence-corrected chi connectivity index (χ4v) is 8.65. The Morgan fingerprint density at radius 3 is 2.64 bits per heavy atom. The second-order valence-electron chi connectivity index (χ2n) is 13.7. The predicted molar refractivity (Wildman–Crippen MR) is 169 cm³/mol. The normalized spacial score (nSPS) is 25.9. The molecule has 2 aromatic heterocycles. The second kappa shape index (κ2) is 10.4. The van der Waals surface area contributed by atoms with Crippen LogP contribution >= 0.6 is 0 Å². The van der Waals surface area contributed by atoms with E-state index < -0.39 is 29.2 Å². The number of hydrogen-bond donors (Lipinski definition) is 2. The Kier molecular flexibility index (Phi) is 6.40. The van der Waals surface area contributed by atoms with Gasteiger partial charge in [-0.1, -0.05) is 6.07 Å². The molecule has 9 nitrogen and oxygen atoms in total. The molecule has 5 aromatic rings. The van der Waals surface area contributed by atoms with E-state index in [1.807, 2.05) is 0 Å². The second-order valence-corrected chi connectivity index (χ2v) is 13.7. The number of aryl methyl sites for hydroxylation is 1. The quantitative estimate of drug-likeness (QED) is 0.247. The van der Waals surface area contributed by atoms with Crippen molar-refractivity contribution in [3.63, 3.8) is 0 Å². The van der Waals surface area contributed by atoms with Crippen LogP contribution in [0.25, 0.3) is 43.7 Å². The summed E-state index contributed by atoms with van der Waals surface area (Å²) in [5, 5.41) is 19.8. The Morgan fingerprint density at radius 1 is 1.02 bits per heavy atom. The molecule has 2 N–H and O–H groups in total. The Labute approximate surface area is 267 Å². The van der Waals surface area contributed by atoms with Crippen LogP contribution in [0, 0.1) is 17.5 Å². The van der Waals surface area contributed by atoms with Gasteiger partial charge in [-0.05, 0) is 55.8 Å². The van der Waals surface area contributed by atoms with Crippen LogP contribution in [-0.4, -0.2) is 86.3 Å². The maximum atomic E-state index is 17.3. The number of fused-ring (bicyclic) bond motifs is 7. The van der Waals surface area contributed by atoms with E-state index in [1.54, 1.807) is 13.2 Å². The molecular weight excluding hydrogens is 614 g/mol. The third-order valence-electron chi connectivity index (χ3n) is 10.6. The summed E-state index contributed by atoms with van der Waals surface area (Å²) in [6, 6.07) is 5.30. The molecule has 0 amide bonds. The lowest BCUT2D eigenvalue weighted by Gasteiger charge is -2.35. The SMILES string of the molecule is Cn1cc2c(n1)c(-c1cc(O)cc3ccc(F)c(F)c13)c(F)c1nc(OC[C@@]34CCCN3C[C@H](F)C4)nc(N3C[C@H]4CC[C@@H](C3)N4)c12. The number of ether oxygens (including phenoxy) is 1. The van der Waals surface area contributed by atoms with Gasteiger partial charge >= 0.3 is 6.01 Å². The molecule has 244 valence electrons. The van der Waals surface area contributed by atoms with Crippen molar-refractivity contribution >= 4 is 38.4 Å². The highest BCUT2D eigenvalue weighted by atomic mass is 19.2. The molecule has 4 fully saturated rings. The highest BCUT2D eigenvalue weighted by Crippen LogP contribution is 2.45. The van der Waals surface area contributed by atoms with E-state index in [-0.39, 0.29) is 63.4 Å². The van der Waals surface area contributed by atoms with Gasteiger partial charge in [0, 0.05) is 73.3 Å². The van der Waals surface area contributed by atoms with Gasteiger partial charge < -0.3 is 20.1 Å². The van der Waals surface area contributed by atoms with E-state index in [4.69, 9.17) is 9.72 Å². The van der Waals surface area contributed by atoms with Crippen molar-refractivity contribution in [2.75, 3.05) is 37.7 Å². The molecular formula is C34H33F4N7O2. The largest absolute Gasteiger partial charge is 0.508 e. The number of rotatable bonds is 5. The minimum Gasteiger partial charge on any atom is -0.508 e. The first-order chi connectivity index (χ1) is 22.7. The van der Waals surface area contributed by atoms with Crippen LogP contribution in [-0.2, 0) is 7.05 Å². The van der Waals surface area contributed by atoms with Crippen molar-refractivity contribution < 1.29 is 27.4 Å². The smallest absolute Gasteiger partial charge is 0.319 e. The fourth-order valence-electron chi connectivity index (χ4n) is 8.65. The number of aromatic nitrogens is 4. The van der Waals surface area contributed by atoms with Crippen molar-refractivity contribution in [2.24, 2.45) is 7.05 Å². The maximum Gasteiger partial charge on any atom is 0.319 e. The van der Waals surface area contributed by atoms with Crippen molar-refractivity contribution in [1.29, 1.82) is 0 Å². The molecule has 0 unspecified atom stereocenters. The number of alkyl halides is 1. The fraction of sp³-hybridized carbons (Fsp3) is 0.441. The molecule has 6 heterocycles. The van der Waals surface area contributed by atoms with Gasteiger partial charge in [0.2, 0.25) is 0 Å². The van der Waals surface area contributed by atoms with Crippen LogP contribution in [0.1, 0.15) is 32.1 Å². The molecule has 13 heteroatoms. The number of phenolic OH excluding ortho intramolecular Hbond substituents is 1. The summed E-state index contributed by atoms with van der Waals surface area (Å²) >= 11 is 0. The summed E-state index contributed by atoms with van der Waals surface area (Å²) in [7, 11) is 1.70. The Morgan fingerprint density at radius 2 is 1.83 bits per heavy atom. The lowest BCUT2D eigenvalue weighted by atomic mass is 9.93. The number of hydrogen-bond acceptors (Lipinski definition) is 8. The summed E-state index contributed by atoms with van der Waals surface area (Å²) in [6.45, 7) is 2.62. The van der Waals surface area contributed by atoms with Crippen molar-refractivity contribution in [1.82, 2.24) is 30.0 Å². The molecule has 4 aliphatic rings. The van der Waals surface area contributed by atoms with Gasteiger partial charge in [0.05, 0.1) is 10.9 Å². The first-order valence-electron chi connectivity index (χ1n) is 16.2. The number of nitrogens with zero attached hydrogens (tertiary/aromatic N) is 6. The lowest BCUT2D eigenvalue weighted by Crippen LogP contribution is -2.51. The van der Waals surface area contributed by atoms with E-state index in [0.717, 1.165) is 38.3 Å². The van der Waals surface area contributed by atoms with Gasteiger partial charge in [-0.25, -0.2) is 17.6 Å². The minimum atomic E-state index is -1.16. The maximum absolute atomic E-state index is 17.3. The average Bonchev–Trinajstić information content (AvgIpc) is 3.79. The van der Waals surface area contributed by atoms with Crippen molar-refractivity contribution in [3.8, 4) is 22.9 Å². The first kappa shape index (κ1) is 29.0. The van der Waals surface area contributed by atoms with E-state index >= 15 is 8.78 Å². The zero-order chi connectivity index (χ0) is 32.2. The van der Waals surface area contributed by atoms with Gasteiger partial charge in [0.1, 0.15) is 35.4 Å². The zero-order valence-corrected chi connectivity index (χ0v) is 25.7. The van der Waals surface area contributed by atoms with Crippen LogP contribution in [0.4, 0.5) is 23.4 Å². The minimum absolute atomic E-state index is 0.0343. The van der Waals surface area contributed by atoms with Crippen LogP contribution in [0.2, 0.25) is 0 Å². The molecule has 4 atom stereocenters. The number of benzene rings is 3. The molecule has 0 radical (unpaired) electrons. The number of piperazine rings is 1. The summed E-state index contributed by atoms with van der Waals surface area (Å²) in [5.74, 6) is -2.82. The van der Waals surface area contributed by atoms with Gasteiger partial charge in [0.15, 0.2) is 17.5 Å². The number of nitrogens with one attached hydrogen (secondary N) is 1. The van der Waals surface area contributed by atoms with E-state index in [9.17, 15) is 13.9 Å². The predicted octanol–water partition coefficient (Wildman–Crippen LogP) is 5.36. The summed E-state index contributed by atoms with van der Waals surface area (Å²) in [4.78, 5) is 13.8. The molecule has 0 aliphatic carbocycles. The van der Waals surface area contributed by atoms with E-state index in [1.165, 1.54) is 22.9 Å². The highest BCUT2D eigenvalue weighted by Gasteiger charge is 2.49. The molecule has 9 rings (SSSR count). The van der Waals surface area contributed by atoms with Crippen LogP contribution in [0.5, 0.6) is 11.8 Å². The van der Waals surface area contributed by atoms with E-state index in [2.05, 4.69) is 25.2 Å². The third-order valence-corrected chi connectivity index (χ3v) is 10.6. The number of anilines is 1. The van der Waals surface area contributed by atoms with Crippen LogP contribution in [0.3, 0.4) is 0 Å². The van der Waals surface area contributed by atoms with Crippen LogP contribution < -0.4 is 15.0 Å². The summed E-state index contributed by atoms with van der Waals surface area (Å²) in [6.07, 6.45) is 4.92. The van der Waals surface area contributed by atoms with Gasteiger partial charge in [-0.15, -0.1) is 0 Å². The molecule has 0 spiro atoms. The zero-order valence-electron chi connectivity index (χ0n) is 25.7. The van der Waals surface area contributed by atoms with Gasteiger partial charge in [0.25, 0.3) is 0 Å². The summed E-state index contributed by atoms with van der Waals surface area (Å²) in [5.41, 5.74) is -0.500. The van der Waals surface area contributed by atoms with Crippen molar-refractivity contribution in [2.45, 2.75) is 55.9 Å². The Hall–Kier alpha value is -4.23. The highest BCUT2D eigenvalue weighted by molar-refractivity contribution is 6.17. The molecule has 3 aromatic carbocycles. The topological polar surface area (TPSA) is 91.6 Å². The number of halogens is 4. The summed E-state index contributed by atoms with van der Waals surface area (Å²) < 4.78 is 69.7. The van der Waals surface area contributed by atoms with Crippen LogP contribution in [0.15, 0.2) is 30.5 Å². The molecule has 47 heavy (non-hydrogen) atoms. The lowest BCUT2D eigenvalue weighted by molar-refractivity contribution is 0.107. The third kappa shape index (κ3) is 4.46. The molecule has 2 bridgehead atoms. The average molecular weight is 648 g/mol. The van der Waals surface area contributed by atoms with Crippen molar-refractivity contribution in [3.05, 3.63) is 47.9 Å². The standard InChI is InChI=1S/C34H33F4N7O2/c1-43-15-23-27-31(29(38)26(30(23)42-43)22-10-21(46)9-17-3-6-24(36)28(37)25(17)22)40-33(41-32(27)44-13-19-4-5-20(14-44)39-19)47-16-34-7-2-8-45(34)12-18(35)11-34/h3,6,9-10,15,18-20,39,46H,2,4-5,7-8,11-14,16H2,1H3/t18-,19-,20+,34+/m1/s1. The Bertz CT molecular complexity index is 2090. The molecule has 0 saturated carbocycles. The number of phenols is 1. The molecule has 4 aliphatic heterocycles. The first-order valence-corrected chi connectivity index (χ1v) is 16.2. The Balaban J connectivity index is 1.29. The monoisotopic (exact) mass is 647 g/mol. The van der Waals surface area contributed by atoms with E-state index in [0.29, 0.717) is 42.6 Å².